The second-order valence-corrected chi connectivity index (χ2v) is 9.12. The van der Waals surface area contributed by atoms with Crippen LogP contribution in [0.1, 0.15) is 15.9 Å². The predicted molar refractivity (Wildman–Crippen MR) is 134 cm³/mol. The minimum Gasteiger partial charge on any atom is -0.423 e. The molecule has 4 rings (SSSR count). The molecule has 5 nitrogen and oxygen atoms in total. The molecule has 0 spiro atoms. The van der Waals surface area contributed by atoms with Crippen LogP contribution in [-0.4, -0.2) is 17.2 Å². The number of hydrazone groups is 1. The fraction of sp³-hybridized carbons (Fsp3) is 0. The van der Waals surface area contributed by atoms with Crippen LogP contribution in [0.3, 0.4) is 0 Å². The van der Waals surface area contributed by atoms with E-state index in [4.69, 9.17) is 27.9 Å². The summed E-state index contributed by atoms with van der Waals surface area (Å²) < 4.78 is 6.21. The zero-order valence-electron chi connectivity index (χ0n) is 16.3. The molecule has 32 heavy (non-hydrogen) atoms. The number of carbonyl (C=O) groups excluding carboxylic acids is 1. The fourth-order valence-electron chi connectivity index (χ4n) is 2.71. The zero-order chi connectivity index (χ0) is 22.5. The second kappa shape index (κ2) is 10.3. The number of aromatic nitrogens is 1. The van der Waals surface area contributed by atoms with Crippen LogP contribution in [0.5, 0.6) is 5.75 Å². The van der Waals surface area contributed by atoms with E-state index in [9.17, 15) is 4.79 Å². The van der Waals surface area contributed by atoms with E-state index in [0.717, 1.165) is 21.3 Å². The Labute approximate surface area is 206 Å². The standard InChI is InChI=1S/C23H14BrCl2N3O2S/c24-16-3-1-2-15(10-16)22(30)31-18-7-4-14(5-8-18)12-27-29-23-28-21(13-32-23)19-9-6-17(25)11-20(19)26/h1-13H,(H,28,29)/b27-12+. The van der Waals surface area contributed by atoms with E-state index in [2.05, 4.69) is 31.4 Å². The fourth-order valence-corrected chi connectivity index (χ4v) is 4.28. The Hall–Kier alpha value is -2.71. The van der Waals surface area contributed by atoms with Crippen molar-refractivity contribution in [1.29, 1.82) is 0 Å². The highest BCUT2D eigenvalue weighted by Crippen LogP contribution is 2.32. The Balaban J connectivity index is 1.35. The lowest BCUT2D eigenvalue weighted by atomic mass is 10.2. The van der Waals surface area contributed by atoms with Crippen LogP contribution in [0, 0.1) is 0 Å². The average Bonchev–Trinajstić information content (AvgIpc) is 3.23. The number of ether oxygens (including phenoxy) is 1. The Morgan fingerprint density at radius 1 is 1.09 bits per heavy atom. The van der Waals surface area contributed by atoms with Crippen molar-refractivity contribution in [1.82, 2.24) is 4.98 Å². The van der Waals surface area contributed by atoms with Crippen molar-refractivity contribution in [2.75, 3.05) is 5.43 Å². The number of hydrogen-bond acceptors (Lipinski definition) is 6. The quantitative estimate of drug-likeness (QED) is 0.117. The van der Waals surface area contributed by atoms with E-state index in [1.165, 1.54) is 11.3 Å². The number of hydrogen-bond donors (Lipinski definition) is 1. The van der Waals surface area contributed by atoms with Crippen molar-refractivity contribution < 1.29 is 9.53 Å². The zero-order valence-corrected chi connectivity index (χ0v) is 20.2. The van der Waals surface area contributed by atoms with Crippen molar-refractivity contribution in [3.05, 3.63) is 97.8 Å². The molecule has 0 radical (unpaired) electrons. The normalized spacial score (nSPS) is 11.0. The molecule has 3 aromatic carbocycles. The molecule has 0 fully saturated rings. The molecule has 0 aliphatic heterocycles. The molecule has 1 heterocycles. The van der Waals surface area contributed by atoms with Crippen LogP contribution in [0.15, 0.2) is 81.7 Å². The number of benzene rings is 3. The van der Waals surface area contributed by atoms with E-state index in [-0.39, 0.29) is 0 Å². The Bertz CT molecular complexity index is 1290. The van der Waals surface area contributed by atoms with Gasteiger partial charge in [0.25, 0.3) is 0 Å². The van der Waals surface area contributed by atoms with E-state index >= 15 is 0 Å². The van der Waals surface area contributed by atoms with Crippen LogP contribution in [0.25, 0.3) is 11.3 Å². The summed E-state index contributed by atoms with van der Waals surface area (Å²) >= 11 is 16.9. The Kier molecular flexibility index (Phi) is 7.22. The Morgan fingerprint density at radius 2 is 1.91 bits per heavy atom. The summed E-state index contributed by atoms with van der Waals surface area (Å²) in [7, 11) is 0. The molecule has 1 N–H and O–H groups in total. The summed E-state index contributed by atoms with van der Waals surface area (Å²) in [4.78, 5) is 16.7. The summed E-state index contributed by atoms with van der Waals surface area (Å²) in [6.07, 6.45) is 1.65. The molecular formula is C23H14BrCl2N3O2S. The highest BCUT2D eigenvalue weighted by molar-refractivity contribution is 9.10. The molecule has 160 valence electrons. The van der Waals surface area contributed by atoms with Gasteiger partial charge in [-0.2, -0.15) is 5.10 Å². The largest absolute Gasteiger partial charge is 0.423 e. The predicted octanol–water partition coefficient (Wildman–Crippen LogP) is 7.54. The van der Waals surface area contributed by atoms with E-state index < -0.39 is 5.97 Å². The first-order valence-corrected chi connectivity index (χ1v) is 11.7. The van der Waals surface area contributed by atoms with Gasteiger partial charge in [-0.3, -0.25) is 5.43 Å². The molecule has 0 bridgehead atoms. The number of thiazole rings is 1. The number of nitrogens with one attached hydrogen (secondary N) is 1. The summed E-state index contributed by atoms with van der Waals surface area (Å²) in [6.45, 7) is 0. The number of esters is 1. The molecule has 4 aromatic rings. The molecule has 0 saturated carbocycles. The SMILES string of the molecule is O=C(Oc1ccc(/C=N/Nc2nc(-c3ccc(Cl)cc3Cl)cs2)cc1)c1cccc(Br)c1. The van der Waals surface area contributed by atoms with Gasteiger partial charge >= 0.3 is 5.97 Å². The third kappa shape index (κ3) is 5.75. The van der Waals surface area contributed by atoms with Crippen molar-refractivity contribution in [2.24, 2.45) is 5.10 Å². The van der Waals surface area contributed by atoms with Gasteiger partial charge < -0.3 is 4.74 Å². The lowest BCUT2D eigenvalue weighted by Gasteiger charge is -2.05. The second-order valence-electron chi connectivity index (χ2n) is 6.50. The number of nitrogens with zero attached hydrogens (tertiary/aromatic N) is 2. The van der Waals surface area contributed by atoms with Crippen LogP contribution < -0.4 is 10.2 Å². The summed E-state index contributed by atoms with van der Waals surface area (Å²) in [5.74, 6) is 0.0271. The van der Waals surface area contributed by atoms with Gasteiger partial charge in [0.15, 0.2) is 0 Å². The van der Waals surface area contributed by atoms with E-state index in [1.54, 1.807) is 60.8 Å². The smallest absolute Gasteiger partial charge is 0.343 e. The third-order valence-electron chi connectivity index (χ3n) is 4.24. The molecule has 1 aromatic heterocycles. The molecule has 0 amide bonds. The van der Waals surface area contributed by atoms with Crippen molar-refractivity contribution in [3.8, 4) is 17.0 Å². The monoisotopic (exact) mass is 545 g/mol. The van der Waals surface area contributed by atoms with Gasteiger partial charge in [0.2, 0.25) is 5.13 Å². The molecule has 0 saturated heterocycles. The number of carbonyl (C=O) groups is 1. The molecule has 0 aliphatic carbocycles. The molecule has 9 heteroatoms. The third-order valence-corrected chi connectivity index (χ3v) is 6.02. The molecular weight excluding hydrogens is 533 g/mol. The Morgan fingerprint density at radius 3 is 2.66 bits per heavy atom. The number of anilines is 1. The summed E-state index contributed by atoms with van der Waals surface area (Å²) in [5.41, 5.74) is 5.75. The number of halogens is 3. The van der Waals surface area contributed by atoms with Crippen LogP contribution in [0.4, 0.5) is 5.13 Å². The maximum Gasteiger partial charge on any atom is 0.343 e. The van der Waals surface area contributed by atoms with Gasteiger partial charge in [0, 0.05) is 20.4 Å². The van der Waals surface area contributed by atoms with Crippen molar-refractivity contribution in [2.45, 2.75) is 0 Å². The van der Waals surface area contributed by atoms with Gasteiger partial charge in [0.1, 0.15) is 5.75 Å². The van der Waals surface area contributed by atoms with E-state index in [0.29, 0.717) is 26.5 Å². The highest BCUT2D eigenvalue weighted by Gasteiger charge is 2.10. The van der Waals surface area contributed by atoms with Crippen LogP contribution in [-0.2, 0) is 0 Å². The van der Waals surface area contributed by atoms with Gasteiger partial charge in [-0.25, -0.2) is 9.78 Å². The van der Waals surface area contributed by atoms with Crippen molar-refractivity contribution in [3.63, 3.8) is 0 Å². The number of rotatable bonds is 6. The topological polar surface area (TPSA) is 63.6 Å². The molecule has 0 aliphatic rings. The van der Waals surface area contributed by atoms with Gasteiger partial charge in [-0.05, 0) is 66.2 Å². The molecule has 0 atom stereocenters. The lowest BCUT2D eigenvalue weighted by Crippen LogP contribution is -2.08. The van der Waals surface area contributed by atoms with Crippen molar-refractivity contribution >= 4 is 67.8 Å². The maximum absolute atomic E-state index is 12.2. The van der Waals surface area contributed by atoms with Crippen LogP contribution in [0.2, 0.25) is 10.0 Å². The summed E-state index contributed by atoms with van der Waals surface area (Å²) in [6, 6.07) is 19.3. The highest BCUT2D eigenvalue weighted by atomic mass is 79.9. The van der Waals surface area contributed by atoms with Gasteiger partial charge in [-0.15, -0.1) is 11.3 Å². The molecule has 0 unspecified atom stereocenters. The van der Waals surface area contributed by atoms with Gasteiger partial charge in [-0.1, -0.05) is 45.2 Å². The van der Waals surface area contributed by atoms with E-state index in [1.807, 2.05) is 17.5 Å². The summed E-state index contributed by atoms with van der Waals surface area (Å²) in [5, 5.41) is 7.84. The first-order valence-electron chi connectivity index (χ1n) is 9.26. The van der Waals surface area contributed by atoms with Gasteiger partial charge in [0.05, 0.1) is 22.5 Å². The first kappa shape index (κ1) is 22.5. The minimum absolute atomic E-state index is 0.422. The first-order chi connectivity index (χ1) is 15.5. The average molecular weight is 547 g/mol. The van der Waals surface area contributed by atoms with Crippen LogP contribution >= 0.6 is 50.5 Å². The minimum atomic E-state index is -0.422. The maximum atomic E-state index is 12.2. The lowest BCUT2D eigenvalue weighted by molar-refractivity contribution is 0.0734.